The predicted molar refractivity (Wildman–Crippen MR) is 70.8 cm³/mol. The van der Waals surface area contributed by atoms with Crippen LogP contribution in [0.2, 0.25) is 0 Å². The van der Waals surface area contributed by atoms with Crippen LogP contribution in [-0.2, 0) is 4.79 Å². The first kappa shape index (κ1) is 14.3. The Labute approximate surface area is 107 Å². The van der Waals surface area contributed by atoms with Gasteiger partial charge in [-0.2, -0.15) is 0 Å². The predicted octanol–water partition coefficient (Wildman–Crippen LogP) is 2.03. The lowest BCUT2D eigenvalue weighted by Gasteiger charge is -2.18. The van der Waals surface area contributed by atoms with Gasteiger partial charge in [-0.05, 0) is 18.6 Å². The van der Waals surface area contributed by atoms with Gasteiger partial charge in [-0.25, -0.2) is 0 Å². The number of carbonyl (C=O) groups is 1. The number of ether oxygens (including phenoxy) is 1. The van der Waals surface area contributed by atoms with Crippen molar-refractivity contribution in [3.8, 4) is 5.75 Å². The van der Waals surface area contributed by atoms with Crippen LogP contribution in [0.1, 0.15) is 6.42 Å². The fourth-order valence-corrected chi connectivity index (χ4v) is 1.60. The lowest BCUT2D eigenvalue weighted by Crippen LogP contribution is -2.31. The first-order chi connectivity index (χ1) is 8.72. The second-order valence-corrected chi connectivity index (χ2v) is 3.93. The molecule has 0 unspecified atom stereocenters. The topological polar surface area (TPSA) is 49.8 Å². The number of hydrogen-bond acceptors (Lipinski definition) is 3. The molecule has 0 fully saturated rings. The summed E-state index contributed by atoms with van der Waals surface area (Å²) in [6, 6.07) is 9.58. The molecule has 0 atom stereocenters. The summed E-state index contributed by atoms with van der Waals surface area (Å²) in [5, 5.41) is 8.74. The van der Waals surface area contributed by atoms with Crippen LogP contribution in [0.25, 0.3) is 0 Å². The van der Waals surface area contributed by atoms with Gasteiger partial charge < -0.3 is 9.84 Å². The zero-order valence-electron chi connectivity index (χ0n) is 10.4. The smallest absolute Gasteiger partial charge is 0.317 e. The molecule has 0 spiro atoms. The standard InChI is InChI=1S/C14H19NO3/c1-2-9-15(12-14(16)17)10-6-11-18-13-7-4-3-5-8-13/h2-5,7-8H,1,6,9-12H2,(H,16,17). The third-order valence-electron chi connectivity index (χ3n) is 2.38. The molecule has 0 aromatic heterocycles. The Morgan fingerprint density at radius 2 is 2.11 bits per heavy atom. The number of aliphatic carboxylic acids is 1. The summed E-state index contributed by atoms with van der Waals surface area (Å²) < 4.78 is 5.54. The average molecular weight is 249 g/mol. The van der Waals surface area contributed by atoms with E-state index in [0.717, 1.165) is 12.2 Å². The minimum atomic E-state index is -0.819. The Morgan fingerprint density at radius 3 is 2.72 bits per heavy atom. The molecule has 0 bridgehead atoms. The van der Waals surface area contributed by atoms with Crippen molar-refractivity contribution in [1.82, 2.24) is 4.90 Å². The molecular weight excluding hydrogens is 230 g/mol. The van der Waals surface area contributed by atoms with Crippen molar-refractivity contribution in [2.75, 3.05) is 26.2 Å². The van der Waals surface area contributed by atoms with Gasteiger partial charge >= 0.3 is 5.97 Å². The molecule has 0 heterocycles. The quantitative estimate of drug-likeness (QED) is 0.537. The van der Waals surface area contributed by atoms with Crippen LogP contribution in [0, 0.1) is 0 Å². The number of benzene rings is 1. The molecule has 1 rings (SSSR count). The third-order valence-corrected chi connectivity index (χ3v) is 2.38. The van der Waals surface area contributed by atoms with E-state index in [1.165, 1.54) is 0 Å². The highest BCUT2D eigenvalue weighted by Crippen LogP contribution is 2.08. The van der Waals surface area contributed by atoms with Crippen molar-refractivity contribution in [2.24, 2.45) is 0 Å². The highest BCUT2D eigenvalue weighted by molar-refractivity contribution is 5.69. The summed E-state index contributed by atoms with van der Waals surface area (Å²) in [5.41, 5.74) is 0. The molecule has 98 valence electrons. The van der Waals surface area contributed by atoms with E-state index in [1.54, 1.807) is 6.08 Å². The normalized spacial score (nSPS) is 10.3. The number of para-hydroxylation sites is 1. The largest absolute Gasteiger partial charge is 0.494 e. The van der Waals surface area contributed by atoms with Crippen LogP contribution in [0.3, 0.4) is 0 Å². The van der Waals surface area contributed by atoms with Crippen molar-refractivity contribution < 1.29 is 14.6 Å². The van der Waals surface area contributed by atoms with Gasteiger partial charge in [0.05, 0.1) is 13.2 Å². The Balaban J connectivity index is 2.22. The van der Waals surface area contributed by atoms with Crippen LogP contribution < -0.4 is 4.74 Å². The maximum atomic E-state index is 10.6. The van der Waals surface area contributed by atoms with Gasteiger partial charge in [0.1, 0.15) is 5.75 Å². The third kappa shape index (κ3) is 6.06. The van der Waals surface area contributed by atoms with Crippen molar-refractivity contribution in [3.63, 3.8) is 0 Å². The number of nitrogens with zero attached hydrogens (tertiary/aromatic N) is 1. The van der Waals surface area contributed by atoms with E-state index < -0.39 is 5.97 Å². The van der Waals surface area contributed by atoms with Crippen molar-refractivity contribution in [3.05, 3.63) is 43.0 Å². The molecule has 0 radical (unpaired) electrons. The molecule has 1 N–H and O–H groups in total. The average Bonchev–Trinajstić information content (AvgIpc) is 2.35. The monoisotopic (exact) mass is 249 g/mol. The lowest BCUT2D eigenvalue weighted by atomic mass is 10.3. The Kier molecular flexibility index (Phi) is 6.58. The van der Waals surface area contributed by atoms with Gasteiger partial charge in [0.25, 0.3) is 0 Å². The number of rotatable bonds is 9. The van der Waals surface area contributed by atoms with Gasteiger partial charge in [0.2, 0.25) is 0 Å². The Bertz CT molecular complexity index is 365. The molecule has 4 nitrogen and oxygen atoms in total. The van der Waals surface area contributed by atoms with Crippen molar-refractivity contribution in [2.45, 2.75) is 6.42 Å². The second-order valence-electron chi connectivity index (χ2n) is 3.93. The van der Waals surface area contributed by atoms with Crippen LogP contribution in [0.5, 0.6) is 5.75 Å². The lowest BCUT2D eigenvalue weighted by molar-refractivity contribution is -0.138. The number of carboxylic acids is 1. The van der Waals surface area contributed by atoms with E-state index in [9.17, 15) is 4.79 Å². The fourth-order valence-electron chi connectivity index (χ4n) is 1.60. The number of carboxylic acid groups (broad SMARTS) is 1. The molecule has 0 aliphatic heterocycles. The first-order valence-corrected chi connectivity index (χ1v) is 5.95. The van der Waals surface area contributed by atoms with Crippen molar-refractivity contribution in [1.29, 1.82) is 0 Å². The maximum Gasteiger partial charge on any atom is 0.317 e. The molecule has 0 aliphatic carbocycles. The van der Waals surface area contributed by atoms with Crippen LogP contribution >= 0.6 is 0 Å². The molecule has 1 aromatic carbocycles. The van der Waals surface area contributed by atoms with Crippen molar-refractivity contribution >= 4 is 5.97 Å². The van der Waals surface area contributed by atoms with E-state index in [0.29, 0.717) is 19.7 Å². The molecule has 0 amide bonds. The molecule has 18 heavy (non-hydrogen) atoms. The zero-order valence-corrected chi connectivity index (χ0v) is 10.4. The van der Waals surface area contributed by atoms with Gasteiger partial charge in [0.15, 0.2) is 0 Å². The van der Waals surface area contributed by atoms with Gasteiger partial charge in [-0.15, -0.1) is 6.58 Å². The molecular formula is C14H19NO3. The summed E-state index contributed by atoms with van der Waals surface area (Å²) in [6.45, 7) is 5.50. The summed E-state index contributed by atoms with van der Waals surface area (Å²) in [7, 11) is 0. The molecule has 1 aromatic rings. The molecule has 4 heteroatoms. The van der Waals surface area contributed by atoms with E-state index >= 15 is 0 Å². The molecule has 0 saturated carbocycles. The van der Waals surface area contributed by atoms with Gasteiger partial charge in [-0.1, -0.05) is 24.3 Å². The summed E-state index contributed by atoms with van der Waals surface area (Å²) in [5.74, 6) is 0.0202. The highest BCUT2D eigenvalue weighted by Gasteiger charge is 2.07. The summed E-state index contributed by atoms with van der Waals surface area (Å²) >= 11 is 0. The maximum absolute atomic E-state index is 10.6. The minimum Gasteiger partial charge on any atom is -0.494 e. The van der Waals surface area contributed by atoms with E-state index in [-0.39, 0.29) is 6.54 Å². The zero-order chi connectivity index (χ0) is 13.2. The van der Waals surface area contributed by atoms with Crippen LogP contribution in [-0.4, -0.2) is 42.2 Å². The van der Waals surface area contributed by atoms with Crippen LogP contribution in [0.4, 0.5) is 0 Å². The Hall–Kier alpha value is -1.81. The van der Waals surface area contributed by atoms with Gasteiger partial charge in [-0.3, -0.25) is 9.69 Å². The fraction of sp³-hybridized carbons (Fsp3) is 0.357. The van der Waals surface area contributed by atoms with E-state index in [4.69, 9.17) is 9.84 Å². The first-order valence-electron chi connectivity index (χ1n) is 5.95. The van der Waals surface area contributed by atoms with Gasteiger partial charge in [0, 0.05) is 13.1 Å². The second kappa shape index (κ2) is 8.31. The summed E-state index contributed by atoms with van der Waals surface area (Å²) in [4.78, 5) is 12.5. The highest BCUT2D eigenvalue weighted by atomic mass is 16.5. The van der Waals surface area contributed by atoms with Crippen LogP contribution in [0.15, 0.2) is 43.0 Å². The minimum absolute atomic E-state index is 0.0390. The summed E-state index contributed by atoms with van der Waals surface area (Å²) in [6.07, 6.45) is 2.50. The van der Waals surface area contributed by atoms with E-state index in [1.807, 2.05) is 35.2 Å². The molecule has 0 saturated heterocycles. The number of hydrogen-bond donors (Lipinski definition) is 1. The molecule has 0 aliphatic rings. The Morgan fingerprint density at radius 1 is 1.39 bits per heavy atom. The SMILES string of the molecule is C=CCN(CCCOc1ccccc1)CC(=O)O. The van der Waals surface area contributed by atoms with E-state index in [2.05, 4.69) is 6.58 Å².